The normalized spacial score (nSPS) is 37.6. The Morgan fingerprint density at radius 2 is 1.89 bits per heavy atom. The standard InChI is InChI=1S/C27H44O/c1-19(2)8-6-9-21(4)25-15-16-26-22(10-7-17-27(25,26)5)12-13-23-18-24(28)14-11-20(23)3/h12-13,19,21,24-26,28H,3,6-11,14-18H2,1-2,4-5H3/t21-,24+,25-,26-,27-/m1/s1. The van der Waals surface area contributed by atoms with Crippen LogP contribution in [0, 0.1) is 29.1 Å². The molecule has 28 heavy (non-hydrogen) atoms. The highest BCUT2D eigenvalue weighted by Gasteiger charge is 2.50. The number of fused-ring (bicyclic) bond motifs is 1. The summed E-state index contributed by atoms with van der Waals surface area (Å²) >= 11 is 0. The first kappa shape index (κ1) is 21.9. The van der Waals surface area contributed by atoms with Crippen molar-refractivity contribution in [1.29, 1.82) is 0 Å². The quantitative estimate of drug-likeness (QED) is 0.499. The van der Waals surface area contributed by atoms with E-state index >= 15 is 0 Å². The van der Waals surface area contributed by atoms with Crippen molar-refractivity contribution in [3.63, 3.8) is 0 Å². The summed E-state index contributed by atoms with van der Waals surface area (Å²) in [5.41, 5.74) is 4.72. The second-order valence-corrected chi connectivity index (χ2v) is 10.8. The zero-order chi connectivity index (χ0) is 20.3. The molecular weight excluding hydrogens is 340 g/mol. The Kier molecular flexibility index (Phi) is 7.29. The van der Waals surface area contributed by atoms with E-state index in [4.69, 9.17) is 0 Å². The zero-order valence-electron chi connectivity index (χ0n) is 19.0. The fourth-order valence-electron chi connectivity index (χ4n) is 6.66. The van der Waals surface area contributed by atoms with Gasteiger partial charge in [-0.05, 0) is 86.0 Å². The third-order valence-corrected chi connectivity index (χ3v) is 8.35. The molecule has 3 aliphatic rings. The van der Waals surface area contributed by atoms with E-state index in [1.54, 1.807) is 5.57 Å². The monoisotopic (exact) mass is 384 g/mol. The van der Waals surface area contributed by atoms with Crippen molar-refractivity contribution >= 4 is 0 Å². The summed E-state index contributed by atoms with van der Waals surface area (Å²) in [4.78, 5) is 0. The van der Waals surface area contributed by atoms with E-state index in [1.807, 2.05) is 0 Å². The summed E-state index contributed by atoms with van der Waals surface area (Å²) < 4.78 is 0. The summed E-state index contributed by atoms with van der Waals surface area (Å²) in [6, 6.07) is 0. The molecule has 0 aromatic heterocycles. The number of rotatable bonds is 6. The second kappa shape index (κ2) is 9.33. The predicted octanol–water partition coefficient (Wildman–Crippen LogP) is 7.62. The van der Waals surface area contributed by atoms with Crippen molar-refractivity contribution < 1.29 is 5.11 Å². The topological polar surface area (TPSA) is 20.2 Å². The Morgan fingerprint density at radius 1 is 1.11 bits per heavy atom. The average molecular weight is 385 g/mol. The van der Waals surface area contributed by atoms with Crippen molar-refractivity contribution in [1.82, 2.24) is 0 Å². The molecule has 5 atom stereocenters. The summed E-state index contributed by atoms with van der Waals surface area (Å²) in [6.07, 6.45) is 18.2. The Labute approximate surface area is 174 Å². The largest absolute Gasteiger partial charge is 0.393 e. The lowest BCUT2D eigenvalue weighted by molar-refractivity contribution is 0.0929. The SMILES string of the molecule is C=C1CC[C@H](O)CC1=CC=C1CCC[C@@]2(C)[C@@H]1CC[C@@H]2[C@H](C)CCCC(C)C. The van der Waals surface area contributed by atoms with Crippen LogP contribution < -0.4 is 0 Å². The summed E-state index contributed by atoms with van der Waals surface area (Å²) in [5.74, 6) is 3.37. The first-order valence-electron chi connectivity index (χ1n) is 12.1. The molecule has 3 aliphatic carbocycles. The van der Waals surface area contributed by atoms with Gasteiger partial charge in [-0.3, -0.25) is 0 Å². The van der Waals surface area contributed by atoms with Crippen molar-refractivity contribution in [2.75, 3.05) is 0 Å². The number of hydrogen-bond acceptors (Lipinski definition) is 1. The van der Waals surface area contributed by atoms with Crippen molar-refractivity contribution in [3.05, 3.63) is 35.5 Å². The van der Waals surface area contributed by atoms with Crippen LogP contribution in [0.1, 0.15) is 98.3 Å². The summed E-state index contributed by atoms with van der Waals surface area (Å²) in [6.45, 7) is 14.1. The van der Waals surface area contributed by atoms with Gasteiger partial charge >= 0.3 is 0 Å². The van der Waals surface area contributed by atoms with Gasteiger partial charge in [0.05, 0.1) is 6.10 Å². The highest BCUT2D eigenvalue weighted by atomic mass is 16.3. The van der Waals surface area contributed by atoms with Crippen molar-refractivity contribution in [3.8, 4) is 0 Å². The number of aliphatic hydroxyl groups is 1. The molecule has 0 amide bonds. The third kappa shape index (κ3) is 4.84. The van der Waals surface area contributed by atoms with Gasteiger partial charge in [-0.1, -0.05) is 76.8 Å². The number of aliphatic hydroxyl groups excluding tert-OH is 1. The van der Waals surface area contributed by atoms with Gasteiger partial charge in [-0.2, -0.15) is 0 Å². The van der Waals surface area contributed by atoms with Gasteiger partial charge in [0.1, 0.15) is 0 Å². The van der Waals surface area contributed by atoms with Crippen LogP contribution >= 0.6 is 0 Å². The fraction of sp³-hybridized carbons (Fsp3) is 0.778. The molecule has 1 heteroatoms. The highest BCUT2D eigenvalue weighted by molar-refractivity contribution is 5.36. The molecular formula is C27H44O. The maximum absolute atomic E-state index is 10.0. The Bertz CT molecular complexity index is 610. The average Bonchev–Trinajstić information content (AvgIpc) is 2.99. The molecule has 1 N–H and O–H groups in total. The maximum atomic E-state index is 10.0. The van der Waals surface area contributed by atoms with E-state index in [0.717, 1.165) is 42.9 Å². The van der Waals surface area contributed by atoms with E-state index in [2.05, 4.69) is 46.4 Å². The van der Waals surface area contributed by atoms with Crippen LogP contribution in [-0.2, 0) is 0 Å². The minimum absolute atomic E-state index is 0.172. The van der Waals surface area contributed by atoms with Crippen LogP contribution in [-0.4, -0.2) is 11.2 Å². The summed E-state index contributed by atoms with van der Waals surface area (Å²) in [7, 11) is 0. The van der Waals surface area contributed by atoms with Gasteiger partial charge in [0.25, 0.3) is 0 Å². The first-order chi connectivity index (χ1) is 13.3. The second-order valence-electron chi connectivity index (χ2n) is 10.8. The molecule has 0 aromatic carbocycles. The van der Waals surface area contributed by atoms with E-state index in [9.17, 15) is 5.11 Å². The summed E-state index contributed by atoms with van der Waals surface area (Å²) in [5, 5.41) is 10.0. The van der Waals surface area contributed by atoms with Gasteiger partial charge in [0.2, 0.25) is 0 Å². The molecule has 0 bridgehead atoms. The van der Waals surface area contributed by atoms with Gasteiger partial charge in [0, 0.05) is 0 Å². The lowest BCUT2D eigenvalue weighted by atomic mass is 9.60. The molecule has 158 valence electrons. The van der Waals surface area contributed by atoms with Gasteiger partial charge in [-0.15, -0.1) is 0 Å². The smallest absolute Gasteiger partial charge is 0.0583 e. The van der Waals surface area contributed by atoms with Crippen LogP contribution in [0.2, 0.25) is 0 Å². The van der Waals surface area contributed by atoms with Gasteiger partial charge in [0.15, 0.2) is 0 Å². The maximum Gasteiger partial charge on any atom is 0.0583 e. The van der Waals surface area contributed by atoms with Gasteiger partial charge < -0.3 is 5.11 Å². The first-order valence-corrected chi connectivity index (χ1v) is 12.1. The minimum Gasteiger partial charge on any atom is -0.393 e. The molecule has 0 radical (unpaired) electrons. The van der Waals surface area contributed by atoms with Gasteiger partial charge in [-0.25, -0.2) is 0 Å². The van der Waals surface area contributed by atoms with Crippen molar-refractivity contribution in [2.24, 2.45) is 29.1 Å². The molecule has 3 rings (SSSR count). The Hall–Kier alpha value is -0.820. The molecule has 0 saturated heterocycles. The van der Waals surface area contributed by atoms with Crippen LogP contribution in [0.3, 0.4) is 0 Å². The Balaban J connectivity index is 1.70. The van der Waals surface area contributed by atoms with Crippen LogP contribution in [0.5, 0.6) is 0 Å². The predicted molar refractivity (Wildman–Crippen MR) is 121 cm³/mol. The Morgan fingerprint density at radius 3 is 2.64 bits per heavy atom. The highest BCUT2D eigenvalue weighted by Crippen LogP contribution is 2.59. The van der Waals surface area contributed by atoms with Crippen LogP contribution in [0.15, 0.2) is 35.5 Å². The third-order valence-electron chi connectivity index (χ3n) is 8.35. The van der Waals surface area contributed by atoms with E-state index in [-0.39, 0.29) is 6.10 Å². The molecule has 0 heterocycles. The van der Waals surface area contributed by atoms with Crippen LogP contribution in [0.25, 0.3) is 0 Å². The minimum atomic E-state index is -0.172. The molecule has 0 unspecified atom stereocenters. The molecule has 3 fully saturated rings. The molecule has 0 aromatic rings. The van der Waals surface area contributed by atoms with E-state index in [0.29, 0.717) is 5.41 Å². The van der Waals surface area contributed by atoms with Crippen LogP contribution in [0.4, 0.5) is 0 Å². The lowest BCUT2D eigenvalue weighted by Crippen LogP contribution is -2.36. The lowest BCUT2D eigenvalue weighted by Gasteiger charge is -2.44. The molecule has 3 saturated carbocycles. The fourth-order valence-corrected chi connectivity index (χ4v) is 6.66. The number of hydrogen-bond donors (Lipinski definition) is 1. The van der Waals surface area contributed by atoms with E-state index < -0.39 is 0 Å². The number of allylic oxidation sites excluding steroid dienone is 4. The molecule has 1 nitrogen and oxygen atoms in total. The van der Waals surface area contributed by atoms with E-state index in [1.165, 1.54) is 62.5 Å². The molecule has 0 spiro atoms. The zero-order valence-corrected chi connectivity index (χ0v) is 19.0. The van der Waals surface area contributed by atoms with Crippen molar-refractivity contribution in [2.45, 2.75) is 104 Å². The molecule has 0 aliphatic heterocycles.